The first-order valence-corrected chi connectivity index (χ1v) is 6.09. The van der Waals surface area contributed by atoms with Gasteiger partial charge in [0.15, 0.2) is 11.6 Å². The van der Waals surface area contributed by atoms with E-state index in [2.05, 4.69) is 18.8 Å². The second kappa shape index (κ2) is 4.84. The van der Waals surface area contributed by atoms with Crippen molar-refractivity contribution < 1.29 is 9.13 Å². The van der Waals surface area contributed by atoms with E-state index in [0.29, 0.717) is 11.5 Å². The van der Waals surface area contributed by atoms with Gasteiger partial charge in [-0.1, -0.05) is 13.3 Å². The average molecular weight is 251 g/mol. The molecule has 1 unspecified atom stereocenters. The Morgan fingerprint density at radius 1 is 1.50 bits per heavy atom. The fraction of sp³-hybridized carbons (Fsp3) is 0.462. The Morgan fingerprint density at radius 3 is 2.83 bits per heavy atom. The highest BCUT2D eigenvalue weighted by Gasteiger charge is 2.16. The van der Waals surface area contributed by atoms with Gasteiger partial charge in [-0.3, -0.25) is 0 Å². The second-order valence-corrected chi connectivity index (χ2v) is 4.45. The number of ether oxygens (including phenoxy) is 1. The predicted octanol–water partition coefficient (Wildman–Crippen LogP) is 3.13. The number of rotatable bonds is 4. The maximum absolute atomic E-state index is 13.6. The Balaban J connectivity index is 2.61. The number of nitrogens with two attached hydrogens (primary N) is 1. The van der Waals surface area contributed by atoms with Gasteiger partial charge in [0.25, 0.3) is 0 Å². The zero-order chi connectivity index (χ0) is 13.3. The van der Waals surface area contributed by atoms with E-state index in [1.807, 2.05) is 4.57 Å². The molecule has 0 saturated heterocycles. The third-order valence-corrected chi connectivity index (χ3v) is 3.14. The van der Waals surface area contributed by atoms with Crippen molar-refractivity contribution in [2.75, 3.05) is 12.8 Å². The lowest BCUT2D eigenvalue weighted by atomic mass is 10.2. The van der Waals surface area contributed by atoms with Crippen LogP contribution in [0, 0.1) is 5.82 Å². The van der Waals surface area contributed by atoms with Gasteiger partial charge < -0.3 is 15.0 Å². The molecule has 0 spiro atoms. The summed E-state index contributed by atoms with van der Waals surface area (Å²) in [5.41, 5.74) is 7.29. The van der Waals surface area contributed by atoms with Gasteiger partial charge in [0.1, 0.15) is 0 Å². The number of imidazole rings is 1. The second-order valence-electron chi connectivity index (χ2n) is 4.45. The summed E-state index contributed by atoms with van der Waals surface area (Å²) in [6.07, 6.45) is 2.05. The summed E-state index contributed by atoms with van der Waals surface area (Å²) in [4.78, 5) is 4.20. The van der Waals surface area contributed by atoms with Crippen molar-refractivity contribution >= 4 is 17.0 Å². The number of methoxy groups -OCH3 is 1. The van der Waals surface area contributed by atoms with Gasteiger partial charge in [-0.15, -0.1) is 0 Å². The van der Waals surface area contributed by atoms with Crippen molar-refractivity contribution in [3.05, 3.63) is 17.9 Å². The van der Waals surface area contributed by atoms with Crippen molar-refractivity contribution in [3.8, 4) is 5.75 Å². The lowest BCUT2D eigenvalue weighted by Gasteiger charge is -2.15. The molecular formula is C13H18FN3O. The highest BCUT2D eigenvalue weighted by Crippen LogP contribution is 2.30. The van der Waals surface area contributed by atoms with Crippen LogP contribution in [0.25, 0.3) is 11.0 Å². The van der Waals surface area contributed by atoms with Crippen molar-refractivity contribution in [1.82, 2.24) is 9.55 Å². The fourth-order valence-corrected chi connectivity index (χ4v) is 2.28. The first-order valence-electron chi connectivity index (χ1n) is 6.09. The van der Waals surface area contributed by atoms with Crippen LogP contribution in [0.4, 0.5) is 10.3 Å². The average Bonchev–Trinajstić information content (AvgIpc) is 2.63. The molecule has 0 amide bonds. The summed E-state index contributed by atoms with van der Waals surface area (Å²) in [5.74, 6) is 0.212. The Kier molecular flexibility index (Phi) is 3.41. The maximum Gasteiger partial charge on any atom is 0.201 e. The smallest absolute Gasteiger partial charge is 0.201 e. The molecule has 98 valence electrons. The summed E-state index contributed by atoms with van der Waals surface area (Å²) < 4.78 is 20.5. The summed E-state index contributed by atoms with van der Waals surface area (Å²) >= 11 is 0. The van der Waals surface area contributed by atoms with Gasteiger partial charge in [-0.05, 0) is 13.3 Å². The molecule has 0 aliphatic rings. The zero-order valence-electron chi connectivity index (χ0n) is 10.9. The van der Waals surface area contributed by atoms with Crippen LogP contribution in [-0.2, 0) is 0 Å². The van der Waals surface area contributed by atoms with Crippen LogP contribution in [0.1, 0.15) is 32.7 Å². The molecule has 0 fully saturated rings. The molecule has 5 heteroatoms. The minimum absolute atomic E-state index is 0.215. The van der Waals surface area contributed by atoms with E-state index in [1.165, 1.54) is 13.2 Å². The molecule has 1 aromatic heterocycles. The standard InChI is InChI=1S/C13H18FN3O/c1-4-5-8(2)17-11-7-12(18-3)9(14)6-10(11)16-13(17)15/h6-8H,4-5H2,1-3H3,(H2,15,16). The fourth-order valence-electron chi connectivity index (χ4n) is 2.28. The van der Waals surface area contributed by atoms with Gasteiger partial charge in [-0.2, -0.15) is 0 Å². The number of aromatic nitrogens is 2. The zero-order valence-corrected chi connectivity index (χ0v) is 10.9. The highest BCUT2D eigenvalue weighted by molar-refractivity contribution is 5.80. The molecule has 2 rings (SSSR count). The third-order valence-electron chi connectivity index (χ3n) is 3.14. The number of benzene rings is 1. The number of hydrogen-bond acceptors (Lipinski definition) is 3. The first-order chi connectivity index (χ1) is 8.58. The molecular weight excluding hydrogens is 233 g/mol. The molecule has 2 aromatic rings. The molecule has 0 bridgehead atoms. The number of hydrogen-bond donors (Lipinski definition) is 1. The Hall–Kier alpha value is -1.78. The Labute approximate surface area is 106 Å². The van der Waals surface area contributed by atoms with Crippen LogP contribution in [-0.4, -0.2) is 16.7 Å². The highest BCUT2D eigenvalue weighted by atomic mass is 19.1. The molecule has 1 aromatic carbocycles. The van der Waals surface area contributed by atoms with Crippen LogP contribution in [0.3, 0.4) is 0 Å². The predicted molar refractivity (Wildman–Crippen MR) is 70.3 cm³/mol. The van der Waals surface area contributed by atoms with Gasteiger partial charge in [0.05, 0.1) is 18.1 Å². The topological polar surface area (TPSA) is 53.1 Å². The van der Waals surface area contributed by atoms with Crippen LogP contribution in [0.2, 0.25) is 0 Å². The molecule has 0 radical (unpaired) electrons. The number of fused-ring (bicyclic) bond motifs is 1. The number of nitrogen functional groups attached to an aromatic ring is 1. The lowest BCUT2D eigenvalue weighted by molar-refractivity contribution is 0.387. The molecule has 1 atom stereocenters. The molecule has 1 heterocycles. The minimum Gasteiger partial charge on any atom is -0.494 e. The quantitative estimate of drug-likeness (QED) is 0.908. The molecule has 18 heavy (non-hydrogen) atoms. The molecule has 0 aliphatic carbocycles. The Morgan fingerprint density at radius 2 is 2.22 bits per heavy atom. The van der Waals surface area contributed by atoms with E-state index < -0.39 is 5.82 Å². The van der Waals surface area contributed by atoms with Crippen LogP contribution < -0.4 is 10.5 Å². The van der Waals surface area contributed by atoms with Crippen LogP contribution in [0.5, 0.6) is 5.75 Å². The maximum atomic E-state index is 13.6. The van der Waals surface area contributed by atoms with E-state index in [4.69, 9.17) is 10.5 Å². The Bertz CT molecular complexity index is 565. The van der Waals surface area contributed by atoms with Crippen molar-refractivity contribution in [2.45, 2.75) is 32.7 Å². The lowest BCUT2D eigenvalue weighted by Crippen LogP contribution is -2.08. The van der Waals surface area contributed by atoms with E-state index in [-0.39, 0.29) is 11.8 Å². The SMILES string of the molecule is CCCC(C)n1c(N)nc2cc(F)c(OC)cc21. The summed E-state index contributed by atoms with van der Waals surface area (Å²) in [7, 11) is 1.45. The van der Waals surface area contributed by atoms with Gasteiger partial charge in [-0.25, -0.2) is 9.37 Å². The monoisotopic (exact) mass is 251 g/mol. The van der Waals surface area contributed by atoms with Crippen molar-refractivity contribution in [1.29, 1.82) is 0 Å². The largest absolute Gasteiger partial charge is 0.494 e. The first kappa shape index (κ1) is 12.7. The van der Waals surface area contributed by atoms with Gasteiger partial charge >= 0.3 is 0 Å². The number of anilines is 1. The molecule has 4 nitrogen and oxygen atoms in total. The van der Waals surface area contributed by atoms with Gasteiger partial charge in [0.2, 0.25) is 5.95 Å². The summed E-state index contributed by atoms with van der Waals surface area (Å²) in [5, 5.41) is 0. The molecule has 2 N–H and O–H groups in total. The number of nitrogens with zero attached hydrogens (tertiary/aromatic N) is 2. The third kappa shape index (κ3) is 2.00. The van der Waals surface area contributed by atoms with E-state index >= 15 is 0 Å². The normalized spacial score (nSPS) is 12.9. The summed E-state index contributed by atoms with van der Waals surface area (Å²) in [6, 6.07) is 3.25. The van der Waals surface area contributed by atoms with E-state index in [9.17, 15) is 4.39 Å². The van der Waals surface area contributed by atoms with E-state index in [0.717, 1.165) is 18.4 Å². The van der Waals surface area contributed by atoms with Crippen molar-refractivity contribution in [3.63, 3.8) is 0 Å². The van der Waals surface area contributed by atoms with Crippen LogP contribution >= 0.6 is 0 Å². The molecule has 0 saturated carbocycles. The van der Waals surface area contributed by atoms with Crippen molar-refractivity contribution in [2.24, 2.45) is 0 Å². The van der Waals surface area contributed by atoms with Crippen LogP contribution in [0.15, 0.2) is 12.1 Å². The molecule has 0 aliphatic heterocycles. The minimum atomic E-state index is -0.419. The number of halogens is 1. The van der Waals surface area contributed by atoms with Gasteiger partial charge in [0, 0.05) is 18.2 Å². The summed E-state index contributed by atoms with van der Waals surface area (Å²) in [6.45, 7) is 4.20. The van der Waals surface area contributed by atoms with E-state index in [1.54, 1.807) is 6.07 Å².